The molecule has 88 valence electrons. The zero-order valence-electron chi connectivity index (χ0n) is 10.3. The number of likely N-dealkylation sites (N-methyl/N-ethyl adjacent to an activating group) is 1. The summed E-state index contributed by atoms with van der Waals surface area (Å²) in [6.45, 7) is 6.45. The number of hydrogen-bond acceptors (Lipinski definition) is 4. The highest BCUT2D eigenvalue weighted by Gasteiger charge is 2.22. The second kappa shape index (κ2) is 4.78. The molecule has 4 nitrogen and oxygen atoms in total. The summed E-state index contributed by atoms with van der Waals surface area (Å²) in [5, 5.41) is 3.32. The minimum atomic E-state index is 0.462. The van der Waals surface area contributed by atoms with Crippen molar-refractivity contribution in [3.05, 3.63) is 18.1 Å². The van der Waals surface area contributed by atoms with E-state index < -0.39 is 0 Å². The maximum Gasteiger partial charge on any atom is 0.132 e. The molecule has 0 amide bonds. The average molecular weight is 220 g/mol. The summed E-state index contributed by atoms with van der Waals surface area (Å²) >= 11 is 0. The maximum absolute atomic E-state index is 4.36. The molecule has 0 saturated carbocycles. The van der Waals surface area contributed by atoms with Crippen molar-refractivity contribution in [2.24, 2.45) is 0 Å². The molecule has 0 aliphatic carbocycles. The Morgan fingerprint density at radius 2 is 2.25 bits per heavy atom. The summed E-state index contributed by atoms with van der Waals surface area (Å²) < 4.78 is 0. The number of nitrogens with zero attached hydrogens (tertiary/aromatic N) is 3. The van der Waals surface area contributed by atoms with Gasteiger partial charge in [0, 0.05) is 30.9 Å². The summed E-state index contributed by atoms with van der Waals surface area (Å²) in [6, 6.07) is 2.71. The van der Waals surface area contributed by atoms with Crippen LogP contribution in [0.5, 0.6) is 0 Å². The van der Waals surface area contributed by atoms with Crippen molar-refractivity contribution >= 4 is 5.82 Å². The highest BCUT2D eigenvalue weighted by molar-refractivity contribution is 5.41. The van der Waals surface area contributed by atoms with Crippen LogP contribution in [0.25, 0.3) is 0 Å². The molecule has 1 aromatic heterocycles. The van der Waals surface area contributed by atoms with E-state index in [1.165, 1.54) is 6.42 Å². The molecule has 4 heteroatoms. The van der Waals surface area contributed by atoms with Crippen molar-refractivity contribution < 1.29 is 0 Å². The number of rotatable bonds is 3. The van der Waals surface area contributed by atoms with E-state index >= 15 is 0 Å². The highest BCUT2D eigenvalue weighted by atomic mass is 15.2. The monoisotopic (exact) mass is 220 g/mol. The van der Waals surface area contributed by atoms with Gasteiger partial charge in [0.1, 0.15) is 12.1 Å². The van der Waals surface area contributed by atoms with Crippen LogP contribution in [-0.4, -0.2) is 36.1 Å². The molecule has 1 aromatic rings. The first kappa shape index (κ1) is 11.3. The third-order valence-electron chi connectivity index (χ3n) is 3.19. The molecule has 2 heterocycles. The fraction of sp³-hybridized carbons (Fsp3) is 0.667. The van der Waals surface area contributed by atoms with E-state index in [1.54, 1.807) is 6.33 Å². The van der Waals surface area contributed by atoms with Crippen LogP contribution in [0.2, 0.25) is 0 Å². The van der Waals surface area contributed by atoms with Crippen molar-refractivity contribution in [2.45, 2.75) is 32.2 Å². The van der Waals surface area contributed by atoms with E-state index in [4.69, 9.17) is 0 Å². The third-order valence-corrected chi connectivity index (χ3v) is 3.19. The Hall–Kier alpha value is -1.16. The summed E-state index contributed by atoms with van der Waals surface area (Å²) in [5.74, 6) is 1.53. The zero-order valence-corrected chi connectivity index (χ0v) is 10.3. The summed E-state index contributed by atoms with van der Waals surface area (Å²) in [5.41, 5.74) is 1.12. The van der Waals surface area contributed by atoms with Crippen molar-refractivity contribution in [1.82, 2.24) is 15.3 Å². The molecule has 0 bridgehead atoms. The van der Waals surface area contributed by atoms with Gasteiger partial charge in [0.05, 0.1) is 0 Å². The molecule has 1 unspecified atom stereocenters. The van der Waals surface area contributed by atoms with Gasteiger partial charge >= 0.3 is 0 Å². The summed E-state index contributed by atoms with van der Waals surface area (Å²) in [4.78, 5) is 11.0. The Balaban J connectivity index is 2.12. The molecule has 1 aliphatic heterocycles. The number of anilines is 1. The maximum atomic E-state index is 4.36. The van der Waals surface area contributed by atoms with Gasteiger partial charge in [-0.15, -0.1) is 0 Å². The second-order valence-corrected chi connectivity index (χ2v) is 4.68. The van der Waals surface area contributed by atoms with E-state index in [1.807, 2.05) is 7.05 Å². The van der Waals surface area contributed by atoms with Crippen LogP contribution in [0.1, 0.15) is 31.9 Å². The molecule has 1 saturated heterocycles. The fourth-order valence-electron chi connectivity index (χ4n) is 2.05. The topological polar surface area (TPSA) is 41.0 Å². The van der Waals surface area contributed by atoms with Gasteiger partial charge in [-0.1, -0.05) is 13.8 Å². The van der Waals surface area contributed by atoms with Crippen LogP contribution in [0.15, 0.2) is 12.4 Å². The summed E-state index contributed by atoms with van der Waals surface area (Å²) in [7, 11) is 2.02. The van der Waals surface area contributed by atoms with Crippen LogP contribution < -0.4 is 10.2 Å². The Labute approximate surface area is 97.1 Å². The van der Waals surface area contributed by atoms with Gasteiger partial charge < -0.3 is 10.2 Å². The molecule has 0 radical (unpaired) electrons. The first-order chi connectivity index (χ1) is 7.70. The molecular weight excluding hydrogens is 200 g/mol. The van der Waals surface area contributed by atoms with Gasteiger partial charge in [-0.3, -0.25) is 0 Å². The van der Waals surface area contributed by atoms with Crippen molar-refractivity contribution in [1.29, 1.82) is 0 Å². The first-order valence-corrected chi connectivity index (χ1v) is 5.95. The van der Waals surface area contributed by atoms with Crippen molar-refractivity contribution in [3.8, 4) is 0 Å². The SMILES string of the molecule is CNC1CCN(c2cc(C(C)C)ncn2)C1. The number of hydrogen-bond donors (Lipinski definition) is 1. The standard InChI is InChI=1S/C12H20N4/c1-9(2)11-6-12(15-8-14-11)16-5-4-10(7-16)13-3/h6,8-10,13H,4-5,7H2,1-3H3. The van der Waals surface area contributed by atoms with Gasteiger partial charge in [0.15, 0.2) is 0 Å². The number of nitrogens with one attached hydrogen (secondary N) is 1. The molecule has 1 aliphatic rings. The number of aromatic nitrogens is 2. The van der Waals surface area contributed by atoms with Crippen molar-refractivity contribution in [2.75, 3.05) is 25.0 Å². The molecule has 2 rings (SSSR count). The molecule has 0 aromatic carbocycles. The van der Waals surface area contributed by atoms with Crippen molar-refractivity contribution in [3.63, 3.8) is 0 Å². The average Bonchev–Trinajstić information content (AvgIpc) is 2.77. The molecule has 0 spiro atoms. The zero-order chi connectivity index (χ0) is 11.5. The van der Waals surface area contributed by atoms with Crippen LogP contribution in [-0.2, 0) is 0 Å². The van der Waals surface area contributed by atoms with E-state index in [-0.39, 0.29) is 0 Å². The normalized spacial score (nSPS) is 20.8. The largest absolute Gasteiger partial charge is 0.355 e. The quantitative estimate of drug-likeness (QED) is 0.836. The Kier molecular flexibility index (Phi) is 3.39. The van der Waals surface area contributed by atoms with Gasteiger partial charge in [-0.2, -0.15) is 0 Å². The molecule has 1 fully saturated rings. The fourth-order valence-corrected chi connectivity index (χ4v) is 2.05. The lowest BCUT2D eigenvalue weighted by molar-refractivity contribution is 0.616. The van der Waals surface area contributed by atoms with Gasteiger partial charge in [0.25, 0.3) is 0 Å². The van der Waals surface area contributed by atoms with E-state index in [0.717, 1.165) is 24.6 Å². The molecule has 1 N–H and O–H groups in total. The molecular formula is C12H20N4. The predicted octanol–water partition coefficient (Wildman–Crippen LogP) is 1.40. The lowest BCUT2D eigenvalue weighted by Crippen LogP contribution is -2.29. The van der Waals surface area contributed by atoms with Crippen LogP contribution in [0.3, 0.4) is 0 Å². The lowest BCUT2D eigenvalue weighted by atomic mass is 10.1. The van der Waals surface area contributed by atoms with E-state index in [2.05, 4.69) is 40.1 Å². The van der Waals surface area contributed by atoms with Crippen LogP contribution in [0.4, 0.5) is 5.82 Å². The smallest absolute Gasteiger partial charge is 0.132 e. The minimum absolute atomic E-state index is 0.462. The van der Waals surface area contributed by atoms with Gasteiger partial charge in [-0.05, 0) is 19.4 Å². The molecule has 16 heavy (non-hydrogen) atoms. The highest BCUT2D eigenvalue weighted by Crippen LogP contribution is 2.20. The van der Waals surface area contributed by atoms with Crippen LogP contribution in [0, 0.1) is 0 Å². The van der Waals surface area contributed by atoms with E-state index in [0.29, 0.717) is 12.0 Å². The Morgan fingerprint density at radius 3 is 2.88 bits per heavy atom. The van der Waals surface area contributed by atoms with E-state index in [9.17, 15) is 0 Å². The minimum Gasteiger partial charge on any atom is -0.355 e. The van der Waals surface area contributed by atoms with Gasteiger partial charge in [-0.25, -0.2) is 9.97 Å². The Morgan fingerprint density at radius 1 is 1.44 bits per heavy atom. The van der Waals surface area contributed by atoms with Crippen LogP contribution >= 0.6 is 0 Å². The first-order valence-electron chi connectivity index (χ1n) is 5.95. The third kappa shape index (κ3) is 2.32. The lowest BCUT2D eigenvalue weighted by Gasteiger charge is -2.18. The summed E-state index contributed by atoms with van der Waals surface area (Å²) in [6.07, 6.45) is 2.87. The molecule has 1 atom stereocenters. The predicted molar refractivity (Wildman–Crippen MR) is 65.8 cm³/mol. The Bertz CT molecular complexity index is 351. The second-order valence-electron chi connectivity index (χ2n) is 4.68. The van der Waals surface area contributed by atoms with Gasteiger partial charge in [0.2, 0.25) is 0 Å².